The van der Waals surface area contributed by atoms with Gasteiger partial charge in [-0.3, -0.25) is 9.59 Å². The number of carbonyl (C=O) groups is 2. The van der Waals surface area contributed by atoms with Crippen molar-refractivity contribution in [1.29, 1.82) is 0 Å². The largest absolute Gasteiger partial charge is 0.507 e. The SMILES string of the molecule is CC=CC1CC(=O)c2c(O)c(C)c(O)c(C)c2C1C(C)=O. The molecule has 0 saturated carbocycles. The maximum atomic E-state index is 12.4. The second-order valence-corrected chi connectivity index (χ2v) is 5.64. The first-order valence-electron chi connectivity index (χ1n) is 7.02. The number of phenols is 2. The van der Waals surface area contributed by atoms with Crippen molar-refractivity contribution in [2.24, 2.45) is 5.92 Å². The number of rotatable bonds is 2. The lowest BCUT2D eigenvalue weighted by atomic mass is 9.70. The summed E-state index contributed by atoms with van der Waals surface area (Å²) in [5.74, 6) is -1.25. The minimum atomic E-state index is -0.508. The molecule has 1 aliphatic rings. The van der Waals surface area contributed by atoms with Crippen molar-refractivity contribution in [1.82, 2.24) is 0 Å². The second-order valence-electron chi connectivity index (χ2n) is 5.64. The van der Waals surface area contributed by atoms with Gasteiger partial charge in [-0.05, 0) is 44.7 Å². The van der Waals surface area contributed by atoms with Crippen molar-refractivity contribution in [3.05, 3.63) is 34.4 Å². The molecule has 0 aromatic heterocycles. The zero-order valence-corrected chi connectivity index (χ0v) is 12.7. The molecule has 0 bridgehead atoms. The van der Waals surface area contributed by atoms with E-state index in [1.165, 1.54) is 6.92 Å². The number of carbonyl (C=O) groups excluding carboxylic acids is 2. The van der Waals surface area contributed by atoms with Crippen molar-refractivity contribution >= 4 is 11.6 Å². The van der Waals surface area contributed by atoms with Crippen molar-refractivity contribution < 1.29 is 19.8 Å². The molecule has 0 amide bonds. The molecule has 0 heterocycles. The molecule has 1 aliphatic carbocycles. The number of benzene rings is 1. The highest BCUT2D eigenvalue weighted by Crippen LogP contribution is 2.47. The van der Waals surface area contributed by atoms with E-state index in [4.69, 9.17) is 0 Å². The van der Waals surface area contributed by atoms with Crippen LogP contribution in [0.4, 0.5) is 0 Å². The molecule has 2 atom stereocenters. The summed E-state index contributed by atoms with van der Waals surface area (Å²) in [6, 6.07) is 0. The van der Waals surface area contributed by atoms with Crippen LogP contribution >= 0.6 is 0 Å². The maximum Gasteiger partial charge on any atom is 0.167 e. The Morgan fingerprint density at radius 1 is 1.19 bits per heavy atom. The van der Waals surface area contributed by atoms with Crippen LogP contribution in [0.1, 0.15) is 53.2 Å². The van der Waals surface area contributed by atoms with E-state index < -0.39 is 5.92 Å². The van der Waals surface area contributed by atoms with Crippen LogP contribution in [0.2, 0.25) is 0 Å². The maximum absolute atomic E-state index is 12.4. The lowest BCUT2D eigenvalue weighted by molar-refractivity contribution is -0.119. The van der Waals surface area contributed by atoms with Crippen molar-refractivity contribution in [3.63, 3.8) is 0 Å². The van der Waals surface area contributed by atoms with E-state index in [1.54, 1.807) is 13.8 Å². The van der Waals surface area contributed by atoms with Gasteiger partial charge in [0.2, 0.25) is 0 Å². The zero-order chi connectivity index (χ0) is 15.9. The van der Waals surface area contributed by atoms with E-state index in [0.29, 0.717) is 11.1 Å². The molecule has 0 saturated heterocycles. The lowest BCUT2D eigenvalue weighted by Crippen LogP contribution is -2.29. The van der Waals surface area contributed by atoms with Gasteiger partial charge >= 0.3 is 0 Å². The van der Waals surface area contributed by atoms with Crippen molar-refractivity contribution in [3.8, 4) is 11.5 Å². The number of phenolic OH excluding ortho intramolecular Hbond substituents is 2. The molecular formula is C17H20O4. The van der Waals surface area contributed by atoms with Crippen molar-refractivity contribution in [2.45, 2.75) is 40.0 Å². The van der Waals surface area contributed by atoms with Crippen LogP contribution in [-0.2, 0) is 4.79 Å². The summed E-state index contributed by atoms with van der Waals surface area (Å²) < 4.78 is 0. The Bertz CT molecular complexity index is 655. The van der Waals surface area contributed by atoms with Crippen molar-refractivity contribution in [2.75, 3.05) is 0 Å². The molecule has 2 N–H and O–H groups in total. The van der Waals surface area contributed by atoms with Crippen LogP contribution in [0, 0.1) is 19.8 Å². The fourth-order valence-corrected chi connectivity index (χ4v) is 3.27. The molecule has 4 heteroatoms. The predicted molar refractivity (Wildman–Crippen MR) is 79.9 cm³/mol. The number of allylic oxidation sites excluding steroid dienone is 2. The number of aromatic hydroxyl groups is 2. The Hall–Kier alpha value is -2.10. The molecule has 4 nitrogen and oxygen atoms in total. The molecule has 2 rings (SSSR count). The Morgan fingerprint density at radius 2 is 1.81 bits per heavy atom. The molecule has 1 aromatic carbocycles. The molecule has 2 unspecified atom stereocenters. The molecule has 0 aliphatic heterocycles. The fourth-order valence-electron chi connectivity index (χ4n) is 3.27. The van der Waals surface area contributed by atoms with Crippen LogP contribution in [0.5, 0.6) is 11.5 Å². The van der Waals surface area contributed by atoms with Crippen LogP contribution in [0.15, 0.2) is 12.2 Å². The van der Waals surface area contributed by atoms with E-state index >= 15 is 0 Å². The Labute approximate surface area is 124 Å². The van der Waals surface area contributed by atoms with Gasteiger partial charge in [-0.15, -0.1) is 0 Å². The Morgan fingerprint density at radius 3 is 2.33 bits per heavy atom. The molecular weight excluding hydrogens is 268 g/mol. The van der Waals surface area contributed by atoms with Gasteiger partial charge in [-0.25, -0.2) is 0 Å². The highest BCUT2D eigenvalue weighted by Gasteiger charge is 2.39. The Balaban J connectivity index is 2.83. The number of Topliss-reactive ketones (excluding diaryl/α,β-unsaturated/α-hetero) is 2. The van der Waals surface area contributed by atoms with Crippen LogP contribution in [0.25, 0.3) is 0 Å². The molecule has 21 heavy (non-hydrogen) atoms. The average Bonchev–Trinajstić information content (AvgIpc) is 2.42. The molecule has 1 aromatic rings. The topological polar surface area (TPSA) is 74.6 Å². The number of hydrogen-bond acceptors (Lipinski definition) is 4. The minimum Gasteiger partial charge on any atom is -0.507 e. The van der Waals surface area contributed by atoms with Gasteiger partial charge in [0, 0.05) is 12.0 Å². The van der Waals surface area contributed by atoms with Gasteiger partial charge in [-0.1, -0.05) is 12.2 Å². The van der Waals surface area contributed by atoms with Gasteiger partial charge < -0.3 is 10.2 Å². The third-order valence-corrected chi connectivity index (χ3v) is 4.29. The van der Waals surface area contributed by atoms with E-state index in [0.717, 1.165) is 0 Å². The molecule has 112 valence electrons. The lowest BCUT2D eigenvalue weighted by Gasteiger charge is -2.32. The van der Waals surface area contributed by atoms with Gasteiger partial charge in [-0.2, -0.15) is 0 Å². The highest BCUT2D eigenvalue weighted by molar-refractivity contribution is 6.05. The van der Waals surface area contributed by atoms with E-state index in [2.05, 4.69) is 0 Å². The molecule has 0 radical (unpaired) electrons. The standard InChI is InChI=1S/C17H20O4/c1-5-6-11-7-12(19)15-13(14(11)10(4)18)8(2)16(20)9(3)17(15)21/h5-6,11,14,20-21H,7H2,1-4H3. The first kappa shape index (κ1) is 15.3. The first-order chi connectivity index (χ1) is 9.81. The van der Waals surface area contributed by atoms with E-state index in [9.17, 15) is 19.8 Å². The van der Waals surface area contributed by atoms with Gasteiger partial charge in [0.05, 0.1) is 11.5 Å². The van der Waals surface area contributed by atoms with Gasteiger partial charge in [0.25, 0.3) is 0 Å². The normalized spacial score (nSPS) is 21.6. The number of ketones is 2. The van der Waals surface area contributed by atoms with Gasteiger partial charge in [0.1, 0.15) is 17.3 Å². The summed E-state index contributed by atoms with van der Waals surface area (Å²) >= 11 is 0. The predicted octanol–water partition coefficient (Wildman–Crippen LogP) is 3.17. The third kappa shape index (κ3) is 2.24. The second kappa shape index (κ2) is 5.35. The summed E-state index contributed by atoms with van der Waals surface area (Å²) in [5, 5.41) is 20.4. The van der Waals surface area contributed by atoms with Crippen LogP contribution in [0.3, 0.4) is 0 Å². The summed E-state index contributed by atoms with van der Waals surface area (Å²) in [6.07, 6.45) is 3.86. The first-order valence-corrected chi connectivity index (χ1v) is 7.02. The number of hydrogen-bond donors (Lipinski definition) is 2. The Kier molecular flexibility index (Phi) is 3.90. The van der Waals surface area contributed by atoms with Crippen LogP contribution in [-0.4, -0.2) is 21.8 Å². The average molecular weight is 288 g/mol. The molecule has 0 spiro atoms. The minimum absolute atomic E-state index is 0.0496. The summed E-state index contributed by atoms with van der Waals surface area (Å²) in [7, 11) is 0. The summed E-state index contributed by atoms with van der Waals surface area (Å²) in [5.41, 5.74) is 1.46. The van der Waals surface area contributed by atoms with Gasteiger partial charge in [0.15, 0.2) is 5.78 Å². The number of fused-ring (bicyclic) bond motifs is 1. The van der Waals surface area contributed by atoms with Crippen LogP contribution < -0.4 is 0 Å². The van der Waals surface area contributed by atoms with E-state index in [-0.39, 0.29) is 46.5 Å². The smallest absolute Gasteiger partial charge is 0.167 e. The van der Waals surface area contributed by atoms with E-state index in [1.807, 2.05) is 19.1 Å². The fraction of sp³-hybridized carbons (Fsp3) is 0.412. The third-order valence-electron chi connectivity index (χ3n) is 4.29. The zero-order valence-electron chi connectivity index (χ0n) is 12.7. The summed E-state index contributed by atoms with van der Waals surface area (Å²) in [4.78, 5) is 24.5. The molecule has 0 fully saturated rings. The summed E-state index contributed by atoms with van der Waals surface area (Å²) in [6.45, 7) is 6.57. The monoisotopic (exact) mass is 288 g/mol. The quantitative estimate of drug-likeness (QED) is 0.820. The highest BCUT2D eigenvalue weighted by atomic mass is 16.3.